The predicted octanol–water partition coefficient (Wildman–Crippen LogP) is 0.114. The lowest BCUT2D eigenvalue weighted by Gasteiger charge is -2.32. The SMILES string of the molecule is CN(Cl)[C@H]1CCC(CC(=O)O)OB1O. The molecule has 2 atom stereocenters. The monoisotopic (exact) mass is 221 g/mol. The van der Waals surface area contributed by atoms with E-state index >= 15 is 0 Å². The Kier molecular flexibility index (Phi) is 4.19. The van der Waals surface area contributed by atoms with Crippen molar-refractivity contribution in [3.05, 3.63) is 0 Å². The van der Waals surface area contributed by atoms with E-state index in [1.54, 1.807) is 7.05 Å². The van der Waals surface area contributed by atoms with Crippen molar-refractivity contribution in [2.75, 3.05) is 7.05 Å². The Morgan fingerprint density at radius 1 is 1.71 bits per heavy atom. The van der Waals surface area contributed by atoms with Crippen molar-refractivity contribution in [1.82, 2.24) is 4.42 Å². The van der Waals surface area contributed by atoms with Gasteiger partial charge in [0.15, 0.2) is 0 Å². The Labute approximate surface area is 87.9 Å². The second-order valence-electron chi connectivity index (χ2n) is 3.42. The lowest BCUT2D eigenvalue weighted by molar-refractivity contribution is -0.139. The van der Waals surface area contributed by atoms with E-state index in [2.05, 4.69) is 0 Å². The summed E-state index contributed by atoms with van der Waals surface area (Å²) in [6.45, 7) is 0. The van der Waals surface area contributed by atoms with Gasteiger partial charge < -0.3 is 14.8 Å². The molecule has 0 radical (unpaired) electrons. The fourth-order valence-electron chi connectivity index (χ4n) is 1.55. The number of rotatable bonds is 3. The van der Waals surface area contributed by atoms with Gasteiger partial charge in [0.05, 0.1) is 18.5 Å². The van der Waals surface area contributed by atoms with Crippen LogP contribution in [0.15, 0.2) is 0 Å². The van der Waals surface area contributed by atoms with Gasteiger partial charge >= 0.3 is 13.1 Å². The smallest absolute Gasteiger partial charge is 0.474 e. The normalized spacial score (nSPS) is 28.1. The minimum absolute atomic E-state index is 0.0736. The Hall–Kier alpha value is -0.295. The Morgan fingerprint density at radius 2 is 2.36 bits per heavy atom. The summed E-state index contributed by atoms with van der Waals surface area (Å²) in [4.78, 5) is 10.4. The van der Waals surface area contributed by atoms with E-state index in [0.717, 1.165) is 0 Å². The Balaban J connectivity index is 2.42. The number of carbonyl (C=O) groups is 1. The van der Waals surface area contributed by atoms with Crippen LogP contribution in [-0.4, -0.2) is 46.7 Å². The zero-order valence-corrected chi connectivity index (χ0v) is 8.65. The van der Waals surface area contributed by atoms with Crippen molar-refractivity contribution in [2.24, 2.45) is 0 Å². The molecule has 5 nitrogen and oxygen atoms in total. The molecular formula is C7H13BClNO4. The fraction of sp³-hybridized carbons (Fsp3) is 0.857. The van der Waals surface area contributed by atoms with E-state index in [4.69, 9.17) is 21.5 Å². The molecule has 1 rings (SSSR count). The summed E-state index contributed by atoms with van der Waals surface area (Å²) >= 11 is 5.68. The molecule has 1 heterocycles. The van der Waals surface area contributed by atoms with Gasteiger partial charge in [-0.2, -0.15) is 0 Å². The van der Waals surface area contributed by atoms with Crippen LogP contribution in [0, 0.1) is 0 Å². The molecule has 2 N–H and O–H groups in total. The van der Waals surface area contributed by atoms with Crippen LogP contribution in [0.3, 0.4) is 0 Å². The number of carboxylic acids is 1. The highest BCUT2D eigenvalue weighted by Gasteiger charge is 2.37. The molecule has 1 aliphatic rings. The van der Waals surface area contributed by atoms with Gasteiger partial charge in [-0.05, 0) is 24.6 Å². The molecule has 0 bridgehead atoms. The zero-order chi connectivity index (χ0) is 10.7. The van der Waals surface area contributed by atoms with E-state index in [1.165, 1.54) is 4.42 Å². The van der Waals surface area contributed by atoms with E-state index in [1.807, 2.05) is 0 Å². The molecule has 0 amide bonds. The lowest BCUT2D eigenvalue weighted by atomic mass is 9.72. The Bertz CT molecular complexity index is 216. The molecule has 7 heteroatoms. The summed E-state index contributed by atoms with van der Waals surface area (Å²) in [5, 5.41) is 18.0. The maximum Gasteiger partial charge on any atom is 0.474 e. The van der Waals surface area contributed by atoms with Gasteiger partial charge in [-0.15, -0.1) is 0 Å². The minimum Gasteiger partial charge on any atom is -0.481 e. The third-order valence-corrected chi connectivity index (χ3v) is 2.56. The van der Waals surface area contributed by atoms with Crippen LogP contribution in [0.4, 0.5) is 0 Å². The summed E-state index contributed by atoms with van der Waals surface area (Å²) in [5.41, 5.74) is 0. The third kappa shape index (κ3) is 3.13. The van der Waals surface area contributed by atoms with Crippen molar-refractivity contribution >= 4 is 24.9 Å². The summed E-state index contributed by atoms with van der Waals surface area (Å²) in [5.74, 6) is -1.18. The first-order valence-corrected chi connectivity index (χ1v) is 4.78. The van der Waals surface area contributed by atoms with Crippen LogP contribution in [0.1, 0.15) is 19.3 Å². The first-order chi connectivity index (χ1) is 6.50. The topological polar surface area (TPSA) is 70.0 Å². The van der Waals surface area contributed by atoms with Gasteiger partial charge in [0.2, 0.25) is 0 Å². The van der Waals surface area contributed by atoms with Crippen LogP contribution in [-0.2, 0) is 9.45 Å². The van der Waals surface area contributed by atoms with Gasteiger partial charge in [-0.3, -0.25) is 4.79 Å². The average Bonchev–Trinajstić information content (AvgIpc) is 2.01. The highest BCUT2D eigenvalue weighted by atomic mass is 35.5. The molecule has 1 unspecified atom stereocenters. The highest BCUT2D eigenvalue weighted by Crippen LogP contribution is 2.22. The molecule has 1 saturated heterocycles. The molecule has 0 aliphatic carbocycles. The van der Waals surface area contributed by atoms with Crippen molar-refractivity contribution in [2.45, 2.75) is 31.3 Å². The summed E-state index contributed by atoms with van der Waals surface area (Å²) < 4.78 is 6.48. The molecule has 80 valence electrons. The molecule has 1 fully saturated rings. The van der Waals surface area contributed by atoms with Gasteiger partial charge in [0.1, 0.15) is 0 Å². The molecular weight excluding hydrogens is 208 g/mol. The Morgan fingerprint density at radius 3 is 2.79 bits per heavy atom. The van der Waals surface area contributed by atoms with Gasteiger partial charge in [-0.25, -0.2) is 4.42 Å². The molecule has 14 heavy (non-hydrogen) atoms. The molecule has 1 aliphatic heterocycles. The molecule has 0 aromatic heterocycles. The lowest BCUT2D eigenvalue weighted by Crippen LogP contribution is -2.49. The third-order valence-electron chi connectivity index (χ3n) is 2.30. The highest BCUT2D eigenvalue weighted by molar-refractivity contribution is 6.46. The van der Waals surface area contributed by atoms with Crippen LogP contribution in [0.25, 0.3) is 0 Å². The zero-order valence-electron chi connectivity index (χ0n) is 7.89. The number of hydrogen-bond acceptors (Lipinski definition) is 4. The minimum atomic E-state index is -1.00. The summed E-state index contributed by atoms with van der Waals surface area (Å²) in [6, 6.07) is 0. The molecule has 0 spiro atoms. The molecule has 0 aromatic rings. The standard InChI is InChI=1S/C7H13BClNO4/c1-10(9)6-3-2-5(4-7(11)12)14-8(6)13/h5-6,13H,2-4H2,1H3,(H,11,12)/t5?,6-/m0/s1. The van der Waals surface area contributed by atoms with E-state index in [9.17, 15) is 9.82 Å². The quantitative estimate of drug-likeness (QED) is 0.523. The fourth-order valence-corrected chi connectivity index (χ4v) is 1.75. The van der Waals surface area contributed by atoms with E-state index < -0.39 is 19.2 Å². The second-order valence-corrected chi connectivity index (χ2v) is 3.95. The van der Waals surface area contributed by atoms with Crippen LogP contribution >= 0.6 is 11.8 Å². The molecule has 0 aromatic carbocycles. The maximum atomic E-state index is 10.4. The van der Waals surface area contributed by atoms with Crippen LogP contribution in [0.2, 0.25) is 0 Å². The largest absolute Gasteiger partial charge is 0.481 e. The van der Waals surface area contributed by atoms with Gasteiger partial charge in [0.25, 0.3) is 0 Å². The number of hydrogen-bond donors (Lipinski definition) is 2. The van der Waals surface area contributed by atoms with E-state index in [-0.39, 0.29) is 12.4 Å². The van der Waals surface area contributed by atoms with Crippen molar-refractivity contribution in [1.29, 1.82) is 0 Å². The van der Waals surface area contributed by atoms with Crippen LogP contribution < -0.4 is 0 Å². The first-order valence-electron chi connectivity index (χ1n) is 4.44. The summed E-state index contributed by atoms with van der Waals surface area (Å²) in [6.07, 6.45) is 0.760. The van der Waals surface area contributed by atoms with Gasteiger partial charge in [0, 0.05) is 7.05 Å². The van der Waals surface area contributed by atoms with Crippen molar-refractivity contribution < 1.29 is 19.6 Å². The van der Waals surface area contributed by atoms with Gasteiger partial charge in [-0.1, -0.05) is 0 Å². The average molecular weight is 221 g/mol. The van der Waals surface area contributed by atoms with Crippen molar-refractivity contribution in [3.63, 3.8) is 0 Å². The number of halogens is 1. The second kappa shape index (κ2) is 4.98. The molecule has 0 saturated carbocycles. The number of aliphatic carboxylic acids is 1. The predicted molar refractivity (Wildman–Crippen MR) is 51.7 cm³/mol. The number of carboxylic acid groups (broad SMARTS) is 1. The van der Waals surface area contributed by atoms with Crippen molar-refractivity contribution in [3.8, 4) is 0 Å². The summed E-state index contributed by atoms with van der Waals surface area (Å²) in [7, 11) is 0.631. The number of nitrogens with zero attached hydrogens (tertiary/aromatic N) is 1. The van der Waals surface area contributed by atoms with E-state index in [0.29, 0.717) is 12.8 Å². The van der Waals surface area contributed by atoms with Crippen LogP contribution in [0.5, 0.6) is 0 Å². The first kappa shape index (κ1) is 11.8. The maximum absolute atomic E-state index is 10.4.